The van der Waals surface area contributed by atoms with Crippen LogP contribution in [0.5, 0.6) is 0 Å². The molecular formula is C19H25NO. The molecule has 0 heterocycles. The molecule has 0 bridgehead atoms. The first kappa shape index (κ1) is 15.7. The van der Waals surface area contributed by atoms with E-state index in [1.54, 1.807) is 0 Å². The van der Waals surface area contributed by atoms with E-state index in [1.807, 2.05) is 60.7 Å². The molecule has 2 nitrogen and oxygen atoms in total. The highest BCUT2D eigenvalue weighted by Crippen LogP contribution is 2.34. The minimum Gasteiger partial charge on any atom is -0.380 e. The van der Waals surface area contributed by atoms with Crippen LogP contribution in [0, 0.1) is 0 Å². The largest absolute Gasteiger partial charge is 0.380 e. The van der Waals surface area contributed by atoms with Crippen molar-refractivity contribution >= 4 is 0 Å². The molecular weight excluding hydrogens is 258 g/mol. The number of hydrogen-bond donors (Lipinski definition) is 2. The lowest BCUT2D eigenvalue weighted by Gasteiger charge is -2.29. The van der Waals surface area contributed by atoms with Gasteiger partial charge >= 0.3 is 0 Å². The Hall–Kier alpha value is -1.64. The van der Waals surface area contributed by atoms with Crippen molar-refractivity contribution < 1.29 is 5.11 Å². The molecule has 2 rings (SSSR count). The summed E-state index contributed by atoms with van der Waals surface area (Å²) in [6, 6.07) is 20.0. The Bertz CT molecular complexity index is 470. The molecule has 0 spiro atoms. The Kier molecular flexibility index (Phi) is 5.97. The van der Waals surface area contributed by atoms with Crippen LogP contribution in [0.15, 0.2) is 60.7 Å². The van der Waals surface area contributed by atoms with Crippen LogP contribution >= 0.6 is 0 Å². The van der Waals surface area contributed by atoms with Gasteiger partial charge in [-0.05, 0) is 43.5 Å². The summed E-state index contributed by atoms with van der Waals surface area (Å²) in [6.45, 7) is 4.13. The highest BCUT2D eigenvalue weighted by Gasteiger charge is 2.30. The van der Waals surface area contributed by atoms with Gasteiger partial charge in [-0.15, -0.1) is 0 Å². The fourth-order valence-corrected chi connectivity index (χ4v) is 2.69. The summed E-state index contributed by atoms with van der Waals surface area (Å²) >= 11 is 0. The average Bonchev–Trinajstić information content (AvgIpc) is 2.56. The van der Waals surface area contributed by atoms with E-state index < -0.39 is 5.60 Å². The SMILES string of the molecule is CCNCCCCC(O)(c1ccccc1)c1ccccc1. The molecule has 0 radical (unpaired) electrons. The van der Waals surface area contributed by atoms with Crippen molar-refractivity contribution in [1.29, 1.82) is 0 Å². The third kappa shape index (κ3) is 4.16. The molecule has 0 saturated carbocycles. The molecule has 2 aromatic carbocycles. The zero-order valence-electron chi connectivity index (χ0n) is 12.8. The van der Waals surface area contributed by atoms with Gasteiger partial charge < -0.3 is 10.4 Å². The van der Waals surface area contributed by atoms with E-state index in [0.29, 0.717) is 0 Å². The van der Waals surface area contributed by atoms with E-state index in [0.717, 1.165) is 43.5 Å². The summed E-state index contributed by atoms with van der Waals surface area (Å²) in [5, 5.41) is 14.6. The molecule has 21 heavy (non-hydrogen) atoms. The average molecular weight is 283 g/mol. The van der Waals surface area contributed by atoms with Gasteiger partial charge in [-0.25, -0.2) is 0 Å². The standard InChI is InChI=1S/C19H25NO/c1-2-20-16-10-9-15-19(21,17-11-5-3-6-12-17)18-13-7-4-8-14-18/h3-8,11-14,20-21H,2,9-10,15-16H2,1H3. The summed E-state index contributed by atoms with van der Waals surface area (Å²) in [5.74, 6) is 0. The predicted octanol–water partition coefficient (Wildman–Crippen LogP) is 3.70. The molecule has 112 valence electrons. The van der Waals surface area contributed by atoms with Crippen LogP contribution in [0.3, 0.4) is 0 Å². The number of unbranched alkanes of at least 4 members (excludes halogenated alkanes) is 1. The predicted molar refractivity (Wildman–Crippen MR) is 88.3 cm³/mol. The molecule has 0 aliphatic carbocycles. The fraction of sp³-hybridized carbons (Fsp3) is 0.368. The molecule has 0 aliphatic rings. The van der Waals surface area contributed by atoms with Crippen LogP contribution < -0.4 is 5.32 Å². The molecule has 2 N–H and O–H groups in total. The first-order valence-corrected chi connectivity index (χ1v) is 7.81. The number of hydrogen-bond acceptors (Lipinski definition) is 2. The van der Waals surface area contributed by atoms with E-state index in [-0.39, 0.29) is 0 Å². The Morgan fingerprint density at radius 3 is 1.86 bits per heavy atom. The van der Waals surface area contributed by atoms with Crippen LogP contribution in [0.2, 0.25) is 0 Å². The third-order valence-corrected chi connectivity index (χ3v) is 3.89. The molecule has 0 atom stereocenters. The summed E-state index contributed by atoms with van der Waals surface area (Å²) in [6.07, 6.45) is 2.82. The monoisotopic (exact) mass is 283 g/mol. The maximum atomic E-state index is 11.3. The van der Waals surface area contributed by atoms with E-state index in [2.05, 4.69) is 12.2 Å². The minimum absolute atomic E-state index is 0.742. The molecule has 0 aliphatic heterocycles. The lowest BCUT2D eigenvalue weighted by Crippen LogP contribution is -2.27. The van der Waals surface area contributed by atoms with Crippen molar-refractivity contribution in [3.05, 3.63) is 71.8 Å². The van der Waals surface area contributed by atoms with Gasteiger partial charge in [0.15, 0.2) is 0 Å². The smallest absolute Gasteiger partial charge is 0.115 e. The molecule has 0 unspecified atom stereocenters. The molecule has 0 aromatic heterocycles. The lowest BCUT2D eigenvalue weighted by atomic mass is 9.82. The number of nitrogens with one attached hydrogen (secondary N) is 1. The Balaban J connectivity index is 2.15. The number of rotatable bonds is 8. The van der Waals surface area contributed by atoms with Gasteiger partial charge in [-0.1, -0.05) is 67.6 Å². The van der Waals surface area contributed by atoms with Crippen molar-refractivity contribution in [2.24, 2.45) is 0 Å². The molecule has 0 amide bonds. The van der Waals surface area contributed by atoms with E-state index >= 15 is 0 Å². The zero-order chi connectivity index (χ0) is 15.0. The second-order valence-electron chi connectivity index (χ2n) is 5.40. The number of benzene rings is 2. The topological polar surface area (TPSA) is 32.3 Å². The maximum absolute atomic E-state index is 11.3. The quantitative estimate of drug-likeness (QED) is 0.724. The van der Waals surface area contributed by atoms with Gasteiger partial charge in [0.05, 0.1) is 0 Å². The van der Waals surface area contributed by atoms with E-state index in [9.17, 15) is 5.11 Å². The van der Waals surface area contributed by atoms with Gasteiger partial charge in [-0.3, -0.25) is 0 Å². The van der Waals surface area contributed by atoms with Crippen LogP contribution in [0.1, 0.15) is 37.3 Å². The van der Waals surface area contributed by atoms with Crippen molar-refractivity contribution in [3.8, 4) is 0 Å². The van der Waals surface area contributed by atoms with Crippen LogP contribution in [0.25, 0.3) is 0 Å². The number of aliphatic hydroxyl groups is 1. The molecule has 0 saturated heterocycles. The summed E-state index contributed by atoms with van der Waals surface area (Å²) in [7, 11) is 0. The third-order valence-electron chi connectivity index (χ3n) is 3.89. The Morgan fingerprint density at radius 1 is 0.857 bits per heavy atom. The molecule has 0 fully saturated rings. The summed E-state index contributed by atoms with van der Waals surface area (Å²) in [5.41, 5.74) is 1.05. The Labute approximate surface area is 127 Å². The van der Waals surface area contributed by atoms with Gasteiger partial charge in [0.2, 0.25) is 0 Å². The first-order valence-electron chi connectivity index (χ1n) is 7.81. The normalized spacial score (nSPS) is 11.5. The molecule has 2 heteroatoms. The van der Waals surface area contributed by atoms with Crippen LogP contribution in [-0.4, -0.2) is 18.2 Å². The Morgan fingerprint density at radius 2 is 1.38 bits per heavy atom. The van der Waals surface area contributed by atoms with Crippen LogP contribution in [0.4, 0.5) is 0 Å². The van der Waals surface area contributed by atoms with Crippen LogP contribution in [-0.2, 0) is 5.60 Å². The van der Waals surface area contributed by atoms with E-state index in [4.69, 9.17) is 0 Å². The first-order chi connectivity index (χ1) is 10.3. The summed E-state index contributed by atoms with van der Waals surface area (Å²) < 4.78 is 0. The summed E-state index contributed by atoms with van der Waals surface area (Å²) in [4.78, 5) is 0. The fourth-order valence-electron chi connectivity index (χ4n) is 2.69. The van der Waals surface area contributed by atoms with E-state index in [1.165, 1.54) is 0 Å². The molecule has 2 aromatic rings. The zero-order valence-corrected chi connectivity index (χ0v) is 12.8. The van der Waals surface area contributed by atoms with Crippen molar-refractivity contribution in [1.82, 2.24) is 5.32 Å². The van der Waals surface area contributed by atoms with Crippen molar-refractivity contribution in [2.75, 3.05) is 13.1 Å². The van der Waals surface area contributed by atoms with Gasteiger partial charge in [0.25, 0.3) is 0 Å². The highest BCUT2D eigenvalue weighted by molar-refractivity contribution is 5.35. The minimum atomic E-state index is -0.894. The highest BCUT2D eigenvalue weighted by atomic mass is 16.3. The van der Waals surface area contributed by atoms with Gasteiger partial charge in [0, 0.05) is 0 Å². The maximum Gasteiger partial charge on any atom is 0.115 e. The van der Waals surface area contributed by atoms with Crippen molar-refractivity contribution in [3.63, 3.8) is 0 Å². The van der Waals surface area contributed by atoms with Gasteiger partial charge in [0.1, 0.15) is 5.60 Å². The van der Waals surface area contributed by atoms with Gasteiger partial charge in [-0.2, -0.15) is 0 Å². The second-order valence-corrected chi connectivity index (χ2v) is 5.40. The van der Waals surface area contributed by atoms with Crippen molar-refractivity contribution in [2.45, 2.75) is 31.8 Å². The second kappa shape index (κ2) is 7.96. The lowest BCUT2D eigenvalue weighted by molar-refractivity contribution is 0.0681.